The fourth-order valence-corrected chi connectivity index (χ4v) is 4.09. The van der Waals surface area contributed by atoms with E-state index in [2.05, 4.69) is 6.92 Å². The molecule has 0 aliphatic heterocycles. The Morgan fingerprint density at radius 1 is 1.06 bits per heavy atom. The highest BCUT2D eigenvalue weighted by Crippen LogP contribution is 2.40. The molecule has 4 nitrogen and oxygen atoms in total. The number of Topliss-reactive ketones (excluding diaryl/α,β-unsaturated/α-hetero) is 2. The molecular formula is C29H32F2O4. The molecule has 3 aromatic rings. The number of phenolic OH excluding ortho intramolecular Hbond substituents is 1. The highest BCUT2D eigenvalue weighted by molar-refractivity contribution is 6.05. The lowest BCUT2D eigenvalue weighted by Crippen LogP contribution is -2.32. The normalized spacial score (nSPS) is 14.5. The summed E-state index contributed by atoms with van der Waals surface area (Å²) in [7, 11) is 0. The molecule has 1 aliphatic rings. The highest BCUT2D eigenvalue weighted by Gasteiger charge is 2.35. The number of alkyl halides is 2. The molecule has 1 fully saturated rings. The lowest BCUT2D eigenvalue weighted by molar-refractivity contribution is -0.129. The number of carbonyl (C=O) groups excluding carboxylic acids is 2. The third-order valence-corrected chi connectivity index (χ3v) is 6.88. The van der Waals surface area contributed by atoms with E-state index < -0.39 is 5.92 Å². The van der Waals surface area contributed by atoms with Crippen molar-refractivity contribution >= 4 is 22.3 Å². The number of aromatic hydroxyl groups is 1. The van der Waals surface area contributed by atoms with Crippen molar-refractivity contribution in [3.63, 3.8) is 0 Å². The summed E-state index contributed by atoms with van der Waals surface area (Å²) >= 11 is 0. The van der Waals surface area contributed by atoms with Gasteiger partial charge < -0.3 is 9.84 Å². The topological polar surface area (TPSA) is 63.6 Å². The molecule has 0 saturated heterocycles. The van der Waals surface area contributed by atoms with Gasteiger partial charge in [0.2, 0.25) is 0 Å². The van der Waals surface area contributed by atoms with Crippen LogP contribution in [-0.2, 0) is 17.3 Å². The summed E-state index contributed by atoms with van der Waals surface area (Å²) in [6.07, 6.45) is 3.47. The van der Waals surface area contributed by atoms with Gasteiger partial charge in [-0.1, -0.05) is 49.7 Å². The van der Waals surface area contributed by atoms with E-state index in [4.69, 9.17) is 4.74 Å². The number of rotatable bonds is 6. The minimum absolute atomic E-state index is 0.00820. The maximum Gasteiger partial charge on any atom is 0.270 e. The molecule has 1 saturated carbocycles. The van der Waals surface area contributed by atoms with Gasteiger partial charge in [0.25, 0.3) is 5.92 Å². The number of halogens is 2. The Bertz CT molecular complexity index is 1250. The fourth-order valence-electron chi connectivity index (χ4n) is 4.09. The summed E-state index contributed by atoms with van der Waals surface area (Å²) in [5.74, 6) is -2.39. The molecule has 6 heteroatoms. The Morgan fingerprint density at radius 2 is 1.69 bits per heavy atom. The monoisotopic (exact) mass is 482 g/mol. The third kappa shape index (κ3) is 5.87. The zero-order valence-corrected chi connectivity index (χ0v) is 20.9. The van der Waals surface area contributed by atoms with E-state index in [9.17, 15) is 23.5 Å². The summed E-state index contributed by atoms with van der Waals surface area (Å²) in [6.45, 7) is 7.88. The molecule has 1 N–H and O–H groups in total. The molecule has 4 rings (SSSR count). The molecule has 35 heavy (non-hydrogen) atoms. The molecule has 0 heterocycles. The summed E-state index contributed by atoms with van der Waals surface area (Å²) in [5, 5.41) is 11.4. The maximum absolute atomic E-state index is 13.5. The molecular weight excluding hydrogens is 450 g/mol. The van der Waals surface area contributed by atoms with Crippen molar-refractivity contribution in [3.05, 3.63) is 70.8 Å². The Kier molecular flexibility index (Phi) is 7.63. The van der Waals surface area contributed by atoms with Crippen molar-refractivity contribution in [1.82, 2.24) is 0 Å². The van der Waals surface area contributed by atoms with E-state index in [1.165, 1.54) is 31.5 Å². The van der Waals surface area contributed by atoms with Crippen LogP contribution in [-0.4, -0.2) is 16.7 Å². The van der Waals surface area contributed by atoms with Crippen LogP contribution in [0, 0.1) is 12.3 Å². The van der Waals surface area contributed by atoms with E-state index in [1.54, 1.807) is 44.2 Å². The summed E-state index contributed by atoms with van der Waals surface area (Å²) in [4.78, 5) is 22.8. The SMILES string of the molecule is CC(=O)C1(C)CCC1.CC(=O)c1cc(O)c2ccccc2c1OCc1ccc(C(C)(F)F)cc1C. The smallest absolute Gasteiger partial charge is 0.270 e. The van der Waals surface area contributed by atoms with Gasteiger partial charge in [-0.05, 0) is 56.9 Å². The van der Waals surface area contributed by atoms with E-state index >= 15 is 0 Å². The second kappa shape index (κ2) is 10.1. The molecule has 0 aromatic heterocycles. The zero-order valence-electron chi connectivity index (χ0n) is 20.9. The van der Waals surface area contributed by atoms with Crippen molar-refractivity contribution in [2.45, 2.75) is 66.4 Å². The van der Waals surface area contributed by atoms with Crippen molar-refractivity contribution < 1.29 is 28.2 Å². The van der Waals surface area contributed by atoms with Gasteiger partial charge in [0, 0.05) is 28.7 Å². The second-order valence-corrected chi connectivity index (χ2v) is 9.66. The van der Waals surface area contributed by atoms with E-state index in [0.29, 0.717) is 27.9 Å². The molecule has 3 aromatic carbocycles. The number of phenols is 1. The minimum Gasteiger partial charge on any atom is -0.507 e. The van der Waals surface area contributed by atoms with Crippen molar-refractivity contribution in [1.29, 1.82) is 0 Å². The van der Waals surface area contributed by atoms with E-state index in [1.807, 2.05) is 0 Å². The van der Waals surface area contributed by atoms with Crippen LogP contribution in [0.15, 0.2) is 48.5 Å². The Morgan fingerprint density at radius 3 is 2.14 bits per heavy atom. The molecule has 0 atom stereocenters. The lowest BCUT2D eigenvalue weighted by Gasteiger charge is -2.35. The van der Waals surface area contributed by atoms with Crippen LogP contribution in [0.25, 0.3) is 10.8 Å². The highest BCUT2D eigenvalue weighted by atomic mass is 19.3. The zero-order chi connectivity index (χ0) is 26.0. The second-order valence-electron chi connectivity index (χ2n) is 9.66. The maximum atomic E-state index is 13.5. The van der Waals surface area contributed by atoms with Gasteiger partial charge in [-0.25, -0.2) is 8.78 Å². The molecule has 0 spiro atoms. The van der Waals surface area contributed by atoms with Gasteiger partial charge in [0.05, 0.1) is 5.56 Å². The van der Waals surface area contributed by atoms with Crippen LogP contribution in [0.1, 0.15) is 74.0 Å². The van der Waals surface area contributed by atoms with Gasteiger partial charge in [-0.15, -0.1) is 0 Å². The third-order valence-electron chi connectivity index (χ3n) is 6.88. The van der Waals surface area contributed by atoms with Crippen LogP contribution in [0.4, 0.5) is 8.78 Å². The van der Waals surface area contributed by atoms with E-state index in [0.717, 1.165) is 25.3 Å². The standard InChI is InChI=1S/C22H20F2O3.C7H12O/c1-13-10-16(22(3,23)24)9-8-15(13)12-27-21-18-7-5-4-6-17(18)20(26)11-19(21)14(2)25;1-6(8)7(2)4-3-5-7/h4-11,26H,12H2,1-3H3;3-5H2,1-2H3. The number of ether oxygens (including phenoxy) is 1. The van der Waals surface area contributed by atoms with Gasteiger partial charge in [-0.2, -0.15) is 0 Å². The Hall–Kier alpha value is -3.28. The number of hydrogen-bond donors (Lipinski definition) is 1. The van der Waals surface area contributed by atoms with Gasteiger partial charge in [0.15, 0.2) is 5.78 Å². The van der Waals surface area contributed by atoms with Crippen LogP contribution in [0.3, 0.4) is 0 Å². The van der Waals surface area contributed by atoms with Crippen LogP contribution in [0.5, 0.6) is 11.5 Å². The Labute approximate surface area is 204 Å². The van der Waals surface area contributed by atoms with E-state index in [-0.39, 0.29) is 34.7 Å². The number of hydrogen-bond acceptors (Lipinski definition) is 4. The Balaban J connectivity index is 0.000000363. The number of fused-ring (bicyclic) bond motifs is 1. The summed E-state index contributed by atoms with van der Waals surface area (Å²) in [5.41, 5.74) is 1.74. The number of benzene rings is 3. The predicted octanol–water partition coefficient (Wildman–Crippen LogP) is 7.51. The quantitative estimate of drug-likeness (QED) is 0.369. The molecule has 0 amide bonds. The van der Waals surface area contributed by atoms with Crippen molar-refractivity contribution in [2.75, 3.05) is 0 Å². The minimum atomic E-state index is -2.90. The first-order chi connectivity index (χ1) is 16.3. The number of carbonyl (C=O) groups is 2. The van der Waals surface area contributed by atoms with Crippen LogP contribution < -0.4 is 4.74 Å². The first kappa shape index (κ1) is 26.3. The summed E-state index contributed by atoms with van der Waals surface area (Å²) in [6, 6.07) is 12.9. The first-order valence-corrected chi connectivity index (χ1v) is 11.7. The molecule has 1 aliphatic carbocycles. The van der Waals surface area contributed by atoms with Crippen LogP contribution >= 0.6 is 0 Å². The van der Waals surface area contributed by atoms with Crippen molar-refractivity contribution in [2.24, 2.45) is 5.41 Å². The first-order valence-electron chi connectivity index (χ1n) is 11.7. The molecule has 0 radical (unpaired) electrons. The molecule has 186 valence electrons. The van der Waals surface area contributed by atoms with Gasteiger partial charge >= 0.3 is 0 Å². The number of aryl methyl sites for hydroxylation is 1. The summed E-state index contributed by atoms with van der Waals surface area (Å²) < 4.78 is 32.9. The molecule has 0 unspecified atom stereocenters. The molecule has 0 bridgehead atoms. The largest absolute Gasteiger partial charge is 0.507 e. The van der Waals surface area contributed by atoms with Gasteiger partial charge in [0.1, 0.15) is 23.9 Å². The average molecular weight is 483 g/mol. The lowest BCUT2D eigenvalue weighted by atomic mass is 9.68. The average Bonchev–Trinajstić information content (AvgIpc) is 2.77. The van der Waals surface area contributed by atoms with Gasteiger partial charge in [-0.3, -0.25) is 9.59 Å². The fraction of sp³-hybridized carbons (Fsp3) is 0.379. The van der Waals surface area contributed by atoms with Crippen LogP contribution in [0.2, 0.25) is 0 Å². The number of ketones is 2. The predicted molar refractivity (Wildman–Crippen MR) is 133 cm³/mol. The van der Waals surface area contributed by atoms with Crippen molar-refractivity contribution in [3.8, 4) is 11.5 Å².